The third-order valence-electron chi connectivity index (χ3n) is 8.15. The van der Waals surface area contributed by atoms with Crippen molar-refractivity contribution in [1.82, 2.24) is 15.1 Å². The van der Waals surface area contributed by atoms with E-state index in [0.717, 1.165) is 0 Å². The molecule has 2 amide bonds. The smallest absolute Gasteiger partial charge is 0.335 e. The molecule has 3 aromatic carbocycles. The van der Waals surface area contributed by atoms with Crippen LogP contribution < -0.4 is 5.32 Å². The molecule has 1 saturated heterocycles. The van der Waals surface area contributed by atoms with Crippen molar-refractivity contribution in [2.45, 2.75) is 5.92 Å². The monoisotopic (exact) mass is 583 g/mol. The van der Waals surface area contributed by atoms with E-state index in [0.29, 0.717) is 16.7 Å². The maximum atomic E-state index is 14.1. The van der Waals surface area contributed by atoms with Crippen molar-refractivity contribution in [3.05, 3.63) is 107 Å². The zero-order valence-electron chi connectivity index (χ0n) is 24.8. The summed E-state index contributed by atoms with van der Waals surface area (Å²) in [5.41, 5.74) is 1.31. The fourth-order valence-electron chi connectivity index (χ4n) is 6.11. The van der Waals surface area contributed by atoms with Gasteiger partial charge in [0.05, 0.1) is 5.56 Å². The first-order chi connectivity index (χ1) is 20.5. The van der Waals surface area contributed by atoms with Gasteiger partial charge in [-0.1, -0.05) is 72.8 Å². The summed E-state index contributed by atoms with van der Waals surface area (Å²) in [6.07, 6.45) is 0. The predicted octanol–water partition coefficient (Wildman–Crippen LogP) is 3.48. The Bertz CT molecular complexity index is 1400. The minimum atomic E-state index is -1.16. The number of hydrogen-bond acceptors (Lipinski definition) is 6. The number of nitrogens with one attached hydrogen (secondary N) is 1. The molecule has 3 unspecified atom stereocenters. The van der Waals surface area contributed by atoms with Gasteiger partial charge in [-0.2, -0.15) is 0 Å². The Kier molecular flexibility index (Phi) is 9.88. The molecule has 0 spiro atoms. The first-order valence-corrected chi connectivity index (χ1v) is 14.2. The lowest BCUT2D eigenvalue weighted by atomic mass is 9.62. The molecule has 0 aliphatic carbocycles. The molecule has 9 nitrogen and oxygen atoms in total. The van der Waals surface area contributed by atoms with E-state index < -0.39 is 47.4 Å². The summed E-state index contributed by atoms with van der Waals surface area (Å²) in [6.45, 7) is 0.480. The zero-order chi connectivity index (χ0) is 31.3. The fourth-order valence-corrected chi connectivity index (χ4v) is 6.11. The Morgan fingerprint density at radius 3 is 1.47 bits per heavy atom. The molecule has 0 radical (unpaired) electrons. The number of piperidine rings is 1. The topological polar surface area (TPSA) is 124 Å². The Morgan fingerprint density at radius 1 is 0.651 bits per heavy atom. The third kappa shape index (κ3) is 6.73. The van der Waals surface area contributed by atoms with Crippen LogP contribution in [0.1, 0.15) is 42.6 Å². The van der Waals surface area contributed by atoms with Gasteiger partial charge in [0, 0.05) is 39.3 Å². The minimum Gasteiger partial charge on any atom is -0.478 e. The van der Waals surface area contributed by atoms with Gasteiger partial charge in [0.25, 0.3) is 0 Å². The number of carboxylic acid groups (broad SMARTS) is 1. The van der Waals surface area contributed by atoms with E-state index in [1.54, 1.807) is 101 Å². The number of hydrogen-bond donors (Lipinski definition) is 2. The molecule has 1 heterocycles. The molecule has 5 atom stereocenters. The summed E-state index contributed by atoms with van der Waals surface area (Å²) in [5.74, 6) is -7.13. The molecule has 3 aromatic rings. The van der Waals surface area contributed by atoms with Crippen LogP contribution in [0.3, 0.4) is 0 Å². The normalized spacial score (nSPS) is 19.5. The summed E-state index contributed by atoms with van der Waals surface area (Å²) in [5, 5.41) is 13.1. The van der Waals surface area contributed by atoms with Gasteiger partial charge in [-0.15, -0.1) is 0 Å². The van der Waals surface area contributed by atoms with E-state index >= 15 is 0 Å². The molecule has 1 aliphatic heterocycles. The molecular formula is C34H37N3O6. The van der Waals surface area contributed by atoms with Crippen LogP contribution >= 0.6 is 0 Å². The van der Waals surface area contributed by atoms with Crippen LogP contribution in [0.25, 0.3) is 0 Å². The molecule has 9 heteroatoms. The number of benzene rings is 3. The molecular weight excluding hydrogens is 546 g/mol. The fraction of sp³-hybridized carbons (Fsp3) is 0.324. The van der Waals surface area contributed by atoms with Crippen molar-refractivity contribution < 1.29 is 29.1 Å². The highest BCUT2D eigenvalue weighted by Crippen LogP contribution is 2.44. The lowest BCUT2D eigenvalue weighted by molar-refractivity contribution is -0.134. The molecule has 224 valence electrons. The first kappa shape index (κ1) is 31.3. The second-order valence-electron chi connectivity index (χ2n) is 11.3. The summed E-state index contributed by atoms with van der Waals surface area (Å²) in [7, 11) is 6.33. The summed E-state index contributed by atoms with van der Waals surface area (Å²) < 4.78 is 0. The van der Waals surface area contributed by atoms with Gasteiger partial charge in [-0.3, -0.25) is 19.2 Å². The quantitative estimate of drug-likeness (QED) is 0.277. The van der Waals surface area contributed by atoms with Crippen molar-refractivity contribution in [3.8, 4) is 0 Å². The van der Waals surface area contributed by atoms with Gasteiger partial charge in [0.2, 0.25) is 11.8 Å². The largest absolute Gasteiger partial charge is 0.478 e. The number of ketones is 2. The number of carboxylic acids is 1. The van der Waals surface area contributed by atoms with Crippen molar-refractivity contribution >= 4 is 29.4 Å². The highest BCUT2D eigenvalue weighted by molar-refractivity contribution is 6.11. The molecule has 0 aromatic heterocycles. The van der Waals surface area contributed by atoms with Crippen LogP contribution in [0.15, 0.2) is 84.9 Å². The van der Waals surface area contributed by atoms with Crippen molar-refractivity contribution in [2.75, 3.05) is 41.3 Å². The summed E-state index contributed by atoms with van der Waals surface area (Å²) in [6, 6.07) is 23.4. The third-order valence-corrected chi connectivity index (χ3v) is 8.15. The van der Waals surface area contributed by atoms with Gasteiger partial charge >= 0.3 is 5.97 Å². The Balaban J connectivity index is 1.94. The number of aromatic carboxylic acids is 1. The van der Waals surface area contributed by atoms with E-state index in [1.165, 1.54) is 21.9 Å². The molecule has 1 fully saturated rings. The Morgan fingerprint density at radius 2 is 1.07 bits per heavy atom. The number of carbonyl (C=O) groups is 5. The predicted molar refractivity (Wildman–Crippen MR) is 162 cm³/mol. The number of rotatable bonds is 10. The van der Waals surface area contributed by atoms with Gasteiger partial charge < -0.3 is 20.2 Å². The van der Waals surface area contributed by atoms with Crippen LogP contribution in [0.4, 0.5) is 0 Å². The van der Waals surface area contributed by atoms with E-state index in [9.17, 15) is 29.1 Å². The van der Waals surface area contributed by atoms with Crippen LogP contribution in [-0.2, 0) is 9.59 Å². The lowest BCUT2D eigenvalue weighted by Crippen LogP contribution is -2.55. The molecule has 1 aliphatic rings. The van der Waals surface area contributed by atoms with Gasteiger partial charge in [0.1, 0.15) is 11.8 Å². The van der Waals surface area contributed by atoms with Crippen molar-refractivity contribution in [2.24, 2.45) is 23.7 Å². The van der Waals surface area contributed by atoms with E-state index in [1.807, 2.05) is 0 Å². The lowest BCUT2D eigenvalue weighted by Gasteiger charge is -2.45. The Hall–Kier alpha value is -4.63. The molecule has 4 rings (SSSR count). The van der Waals surface area contributed by atoms with Crippen molar-refractivity contribution in [1.29, 1.82) is 0 Å². The second kappa shape index (κ2) is 13.6. The molecule has 43 heavy (non-hydrogen) atoms. The standard InChI is InChI=1S/C34H37N3O6/c1-36(2)32(40)28(30(38)21-12-7-5-8-13-21)25-19-35-20-26(27(25)23-16-11-17-24(18-23)34(42)43)29(33(41)37(3)4)31(39)22-14-9-6-10-15-22/h5-18,25-29,35H,19-20H2,1-4H3,(H,42,43)/t25-,26+,27?,28?,29?. The number of amides is 2. The second-order valence-corrected chi connectivity index (χ2v) is 11.3. The highest BCUT2D eigenvalue weighted by atomic mass is 16.4. The van der Waals surface area contributed by atoms with E-state index in [4.69, 9.17) is 0 Å². The van der Waals surface area contributed by atoms with Crippen LogP contribution in [0, 0.1) is 23.7 Å². The maximum absolute atomic E-state index is 14.1. The maximum Gasteiger partial charge on any atom is 0.335 e. The minimum absolute atomic E-state index is 0.0308. The average Bonchev–Trinajstić information content (AvgIpc) is 3.02. The molecule has 0 bridgehead atoms. The van der Waals surface area contributed by atoms with Crippen LogP contribution in [-0.4, -0.2) is 85.5 Å². The molecule has 2 N–H and O–H groups in total. The van der Waals surface area contributed by atoms with E-state index in [2.05, 4.69) is 5.32 Å². The van der Waals surface area contributed by atoms with Gasteiger partial charge in [-0.05, 0) is 48.5 Å². The number of Topliss-reactive ketones (excluding diaryl/α,β-unsaturated/α-hetero) is 2. The van der Waals surface area contributed by atoms with Crippen LogP contribution in [0.2, 0.25) is 0 Å². The molecule has 0 saturated carbocycles. The average molecular weight is 584 g/mol. The zero-order valence-corrected chi connectivity index (χ0v) is 24.8. The SMILES string of the molecule is CN(C)C(=O)C(C(=O)c1ccccc1)[C@H]1CNC[C@@H](C(C(=O)c2ccccc2)C(=O)N(C)C)C1c1cccc(C(=O)O)c1. The first-order valence-electron chi connectivity index (χ1n) is 14.2. The van der Waals surface area contributed by atoms with Gasteiger partial charge in [0.15, 0.2) is 11.6 Å². The number of nitrogens with zero attached hydrogens (tertiary/aromatic N) is 2. The Labute approximate surface area is 251 Å². The van der Waals surface area contributed by atoms with Crippen LogP contribution in [0.5, 0.6) is 0 Å². The van der Waals surface area contributed by atoms with E-state index in [-0.39, 0.29) is 30.2 Å². The van der Waals surface area contributed by atoms with Gasteiger partial charge in [-0.25, -0.2) is 4.79 Å². The summed E-state index contributed by atoms with van der Waals surface area (Å²) >= 11 is 0. The number of carbonyl (C=O) groups excluding carboxylic acids is 4. The summed E-state index contributed by atoms with van der Waals surface area (Å²) in [4.78, 5) is 70.6. The highest BCUT2D eigenvalue weighted by Gasteiger charge is 2.50. The van der Waals surface area contributed by atoms with Crippen molar-refractivity contribution in [3.63, 3.8) is 0 Å².